The number of nitrogens with zero attached hydrogens (tertiary/aromatic N) is 4. The van der Waals surface area contributed by atoms with Crippen molar-refractivity contribution >= 4 is 28.8 Å². The monoisotopic (exact) mass is 303 g/mol. The summed E-state index contributed by atoms with van der Waals surface area (Å²) < 4.78 is 40.1. The van der Waals surface area contributed by atoms with E-state index in [2.05, 4.69) is 15.0 Å². The fraction of sp³-hybridized carbons (Fsp3) is 0.400. The normalized spacial score (nSPS) is 25.6. The molecular weight excluding hydrogens is 295 g/mol. The average molecular weight is 303 g/mol. The minimum atomic E-state index is -4.89. The van der Waals surface area contributed by atoms with Crippen LogP contribution >= 0.6 is 11.8 Å². The second-order valence-corrected chi connectivity index (χ2v) is 5.17. The van der Waals surface area contributed by atoms with Crippen molar-refractivity contribution in [3.8, 4) is 0 Å². The molecule has 3 heterocycles. The largest absolute Gasteiger partial charge is 0.442 e. The Morgan fingerprint density at radius 3 is 2.65 bits per heavy atom. The summed E-state index contributed by atoms with van der Waals surface area (Å²) in [6, 6.07) is 1.46. The number of halogens is 3. The van der Waals surface area contributed by atoms with E-state index in [0.717, 1.165) is 16.7 Å². The van der Waals surface area contributed by atoms with E-state index in [9.17, 15) is 18.0 Å². The van der Waals surface area contributed by atoms with Gasteiger partial charge in [0.2, 0.25) is 5.95 Å². The van der Waals surface area contributed by atoms with Crippen molar-refractivity contribution in [3.05, 3.63) is 18.5 Å². The van der Waals surface area contributed by atoms with Crippen molar-refractivity contribution < 1.29 is 18.0 Å². The van der Waals surface area contributed by atoms with Crippen LogP contribution in [0.5, 0.6) is 0 Å². The first kappa shape index (κ1) is 13.2. The Labute approximate surface area is 115 Å². The van der Waals surface area contributed by atoms with Crippen molar-refractivity contribution in [2.24, 2.45) is 4.99 Å². The highest BCUT2D eigenvalue weighted by Gasteiger charge is 2.67. The lowest BCUT2D eigenvalue weighted by atomic mass is 10.1. The highest BCUT2D eigenvalue weighted by molar-refractivity contribution is 8.14. The molecule has 1 aromatic heterocycles. The molecule has 0 radical (unpaired) electrons. The minimum absolute atomic E-state index is 0.0794. The number of aromatic nitrogens is 2. The molecule has 0 saturated carbocycles. The van der Waals surface area contributed by atoms with Gasteiger partial charge in [-0.15, -0.1) is 0 Å². The summed E-state index contributed by atoms with van der Waals surface area (Å²) >= 11 is 1.12. The summed E-state index contributed by atoms with van der Waals surface area (Å²) in [6.45, 7) is 0.220. The van der Waals surface area contributed by atoms with Gasteiger partial charge in [-0.25, -0.2) is 15.0 Å². The number of amidine groups is 1. The van der Waals surface area contributed by atoms with Crippen LogP contribution in [0.15, 0.2) is 23.5 Å². The minimum Gasteiger partial charge on any atom is -0.314 e. The van der Waals surface area contributed by atoms with E-state index in [1.165, 1.54) is 18.5 Å². The van der Waals surface area contributed by atoms with E-state index in [-0.39, 0.29) is 17.7 Å². The first-order valence-electron chi connectivity index (χ1n) is 5.60. The summed E-state index contributed by atoms with van der Waals surface area (Å²) in [6.07, 6.45) is -2.33. The van der Waals surface area contributed by atoms with Crippen LogP contribution in [0.3, 0.4) is 0 Å². The van der Waals surface area contributed by atoms with Crippen LogP contribution in [-0.2, 0) is 4.79 Å². The van der Waals surface area contributed by atoms with Gasteiger partial charge in [0.15, 0.2) is 5.17 Å². The van der Waals surface area contributed by atoms with Crippen LogP contribution in [0, 0.1) is 0 Å². The highest BCUT2D eigenvalue weighted by Crippen LogP contribution is 2.42. The number of amides is 1. The zero-order valence-electron chi connectivity index (χ0n) is 9.89. The predicted molar refractivity (Wildman–Crippen MR) is 66.0 cm³/mol. The fourth-order valence-corrected chi connectivity index (χ4v) is 2.92. The number of thioether (sulfide) groups is 1. The molecular formula is C10H8F3N5OS. The lowest BCUT2D eigenvalue weighted by Gasteiger charge is -2.28. The average Bonchev–Trinajstić information content (AvgIpc) is 2.93. The number of hydrogen-bond donors (Lipinski definition) is 1. The number of carbonyl (C=O) groups is 1. The van der Waals surface area contributed by atoms with Gasteiger partial charge in [-0.2, -0.15) is 13.2 Å². The Balaban J connectivity index is 2.03. The molecule has 2 aliphatic heterocycles. The van der Waals surface area contributed by atoms with Crippen LogP contribution < -0.4 is 5.32 Å². The van der Waals surface area contributed by atoms with Gasteiger partial charge in [-0.3, -0.25) is 9.69 Å². The predicted octanol–water partition coefficient (Wildman–Crippen LogP) is 1.09. The van der Waals surface area contributed by atoms with Gasteiger partial charge < -0.3 is 5.32 Å². The zero-order valence-corrected chi connectivity index (χ0v) is 10.7. The Morgan fingerprint density at radius 1 is 1.35 bits per heavy atom. The maximum absolute atomic E-state index is 13.4. The molecule has 0 bridgehead atoms. The van der Waals surface area contributed by atoms with Gasteiger partial charge in [0.1, 0.15) is 0 Å². The molecule has 0 aromatic carbocycles. The number of alkyl halides is 3. The molecule has 20 heavy (non-hydrogen) atoms. The number of carbonyl (C=O) groups excluding carboxylic acids is 1. The third-order valence-corrected chi connectivity index (χ3v) is 3.82. The molecule has 10 heteroatoms. The molecule has 6 nitrogen and oxygen atoms in total. The molecule has 3 rings (SSSR count). The Hall–Kier alpha value is -1.84. The molecule has 1 atom stereocenters. The van der Waals surface area contributed by atoms with E-state index in [4.69, 9.17) is 0 Å². The Kier molecular flexibility index (Phi) is 2.85. The summed E-state index contributed by atoms with van der Waals surface area (Å²) in [4.78, 5) is 24.0. The molecule has 1 amide bonds. The Morgan fingerprint density at radius 2 is 2.05 bits per heavy atom. The summed E-state index contributed by atoms with van der Waals surface area (Å²) in [5.74, 6) is -0.897. The van der Waals surface area contributed by atoms with Crippen molar-refractivity contribution in [2.75, 3.05) is 17.6 Å². The third kappa shape index (κ3) is 1.82. The molecule has 1 aromatic rings. The maximum Gasteiger partial charge on any atom is 0.442 e. The first-order chi connectivity index (χ1) is 9.44. The van der Waals surface area contributed by atoms with Crippen molar-refractivity contribution in [1.29, 1.82) is 0 Å². The number of fused-ring (bicyclic) bond motifs is 1. The number of nitrogens with one attached hydrogen (secondary N) is 1. The smallest absolute Gasteiger partial charge is 0.314 e. The van der Waals surface area contributed by atoms with Gasteiger partial charge in [0.25, 0.3) is 5.91 Å². The van der Waals surface area contributed by atoms with Crippen LogP contribution in [0.2, 0.25) is 0 Å². The van der Waals surface area contributed by atoms with Crippen molar-refractivity contribution in [3.63, 3.8) is 0 Å². The van der Waals surface area contributed by atoms with E-state index in [1.807, 2.05) is 5.32 Å². The lowest BCUT2D eigenvalue weighted by Crippen LogP contribution is -2.58. The van der Waals surface area contributed by atoms with E-state index < -0.39 is 17.7 Å². The molecule has 0 unspecified atom stereocenters. The third-order valence-electron chi connectivity index (χ3n) is 2.86. The van der Waals surface area contributed by atoms with Gasteiger partial charge in [0.05, 0.1) is 0 Å². The topological polar surface area (TPSA) is 70.5 Å². The van der Waals surface area contributed by atoms with Crippen molar-refractivity contribution in [1.82, 2.24) is 14.9 Å². The molecule has 106 valence electrons. The molecule has 0 aliphatic carbocycles. The number of hydrogen-bond acceptors (Lipinski definition) is 6. The second-order valence-electron chi connectivity index (χ2n) is 4.11. The fourth-order valence-electron chi connectivity index (χ4n) is 1.93. The van der Waals surface area contributed by atoms with E-state index in [0.29, 0.717) is 5.75 Å². The van der Waals surface area contributed by atoms with Crippen LogP contribution in [0.25, 0.3) is 0 Å². The Bertz CT molecular complexity index is 578. The van der Waals surface area contributed by atoms with Gasteiger partial charge in [0, 0.05) is 24.7 Å². The van der Waals surface area contributed by atoms with E-state index >= 15 is 0 Å². The van der Waals surface area contributed by atoms with E-state index in [1.54, 1.807) is 0 Å². The molecule has 0 spiro atoms. The van der Waals surface area contributed by atoms with Gasteiger partial charge >= 0.3 is 11.8 Å². The molecule has 1 N–H and O–H groups in total. The van der Waals surface area contributed by atoms with Crippen LogP contribution in [0.4, 0.5) is 19.1 Å². The highest BCUT2D eigenvalue weighted by atomic mass is 32.2. The zero-order chi connectivity index (χ0) is 14.4. The number of rotatable bonds is 2. The van der Waals surface area contributed by atoms with Crippen molar-refractivity contribution in [2.45, 2.75) is 11.8 Å². The SMILES string of the molecule is O=C1N2CCSC2=N[C@]1(Nc1ncccn1)C(F)(F)F. The number of aliphatic imine (C=N–C) groups is 1. The van der Waals surface area contributed by atoms with Crippen LogP contribution in [-0.4, -0.2) is 50.1 Å². The van der Waals surface area contributed by atoms with Crippen LogP contribution in [0.1, 0.15) is 0 Å². The standard InChI is InChI=1S/C10H8F3N5OS/c11-10(12,13)9(16-7-14-2-1-3-15-7)6(19)18-4-5-20-8(18)17-9/h1-3H,4-5H2,(H,14,15,16)/t9-/m0/s1. The van der Waals surface area contributed by atoms with Gasteiger partial charge in [-0.1, -0.05) is 11.8 Å². The first-order valence-corrected chi connectivity index (χ1v) is 6.59. The summed E-state index contributed by atoms with van der Waals surface area (Å²) in [7, 11) is 0. The lowest BCUT2D eigenvalue weighted by molar-refractivity contribution is -0.185. The second kappa shape index (κ2) is 4.33. The molecule has 1 saturated heterocycles. The van der Waals surface area contributed by atoms with Gasteiger partial charge in [-0.05, 0) is 6.07 Å². The maximum atomic E-state index is 13.4. The quantitative estimate of drug-likeness (QED) is 0.885. The molecule has 1 fully saturated rings. The number of anilines is 1. The summed E-state index contributed by atoms with van der Waals surface area (Å²) in [5, 5.41) is 2.11. The molecule has 2 aliphatic rings. The summed E-state index contributed by atoms with van der Waals surface area (Å²) in [5.41, 5.74) is -3.03.